The van der Waals surface area contributed by atoms with Gasteiger partial charge in [0.05, 0.1) is 5.75 Å². The Balaban J connectivity index is 2.16. The van der Waals surface area contributed by atoms with Gasteiger partial charge < -0.3 is 0 Å². The number of aryl methyl sites for hydroxylation is 1. The zero-order chi connectivity index (χ0) is 12.6. The van der Waals surface area contributed by atoms with Gasteiger partial charge in [-0.05, 0) is 18.4 Å². The zero-order valence-corrected chi connectivity index (χ0v) is 10.4. The second kappa shape index (κ2) is 7.10. The van der Waals surface area contributed by atoms with Crippen LogP contribution in [0.1, 0.15) is 24.8 Å². The molecule has 0 saturated heterocycles. The highest BCUT2D eigenvalue weighted by Crippen LogP contribution is 2.01. The zero-order valence-electron chi connectivity index (χ0n) is 9.59. The average molecular weight is 252 g/mol. The van der Waals surface area contributed by atoms with Gasteiger partial charge in [-0.25, -0.2) is 0 Å². The molecule has 0 bridgehead atoms. The maximum atomic E-state index is 10.4. The van der Waals surface area contributed by atoms with Crippen molar-refractivity contribution in [2.45, 2.75) is 25.7 Å². The molecule has 3 nitrogen and oxygen atoms in total. The molecule has 0 saturated carbocycles. The van der Waals surface area contributed by atoms with E-state index in [0.717, 1.165) is 12.8 Å². The van der Waals surface area contributed by atoms with Crippen LogP contribution in [0, 0.1) is 11.8 Å². The van der Waals surface area contributed by atoms with Crippen molar-refractivity contribution < 1.29 is 13.0 Å². The summed E-state index contributed by atoms with van der Waals surface area (Å²) >= 11 is 0. The van der Waals surface area contributed by atoms with Gasteiger partial charge in [0.25, 0.3) is 10.1 Å². The standard InChI is InChI=1S/C13H16O3S/c14-17(15,16)12-8-3-1-2-5-9-13-10-6-4-7-11-13/h4,6-7,10-11H,3,5,8-9,12H2,(H,14,15,16). The summed E-state index contributed by atoms with van der Waals surface area (Å²) in [6.45, 7) is 0. The Morgan fingerprint density at radius 2 is 1.71 bits per heavy atom. The molecule has 0 spiro atoms. The van der Waals surface area contributed by atoms with Crippen LogP contribution in [0.5, 0.6) is 0 Å². The molecule has 0 aliphatic rings. The third-order valence-corrected chi connectivity index (χ3v) is 3.02. The molecule has 4 heteroatoms. The van der Waals surface area contributed by atoms with E-state index in [2.05, 4.69) is 24.0 Å². The summed E-state index contributed by atoms with van der Waals surface area (Å²) in [5.41, 5.74) is 1.25. The molecule has 0 fully saturated rings. The molecule has 92 valence electrons. The van der Waals surface area contributed by atoms with Crippen molar-refractivity contribution in [1.82, 2.24) is 0 Å². The average Bonchev–Trinajstić information content (AvgIpc) is 2.28. The third kappa shape index (κ3) is 7.56. The Kier molecular flexibility index (Phi) is 5.75. The largest absolute Gasteiger partial charge is 0.286 e. The first-order valence-corrected chi connectivity index (χ1v) is 7.14. The fourth-order valence-electron chi connectivity index (χ4n) is 1.37. The second-order valence-corrected chi connectivity index (χ2v) is 5.30. The number of benzene rings is 1. The Hall–Kier alpha value is -1.31. The molecule has 0 atom stereocenters. The summed E-state index contributed by atoms with van der Waals surface area (Å²) in [6, 6.07) is 10.1. The van der Waals surface area contributed by atoms with Crippen molar-refractivity contribution in [2.24, 2.45) is 0 Å². The van der Waals surface area contributed by atoms with Crippen LogP contribution < -0.4 is 0 Å². The molecule has 1 aromatic carbocycles. The van der Waals surface area contributed by atoms with Crippen LogP contribution in [0.15, 0.2) is 30.3 Å². The minimum Gasteiger partial charge on any atom is -0.286 e. The van der Waals surface area contributed by atoms with E-state index < -0.39 is 10.1 Å². The smallest absolute Gasteiger partial charge is 0.264 e. The molecule has 1 N–H and O–H groups in total. The van der Waals surface area contributed by atoms with Crippen molar-refractivity contribution in [3.63, 3.8) is 0 Å². The third-order valence-electron chi connectivity index (χ3n) is 2.21. The van der Waals surface area contributed by atoms with Gasteiger partial charge in [-0.2, -0.15) is 8.42 Å². The molecular weight excluding hydrogens is 236 g/mol. The van der Waals surface area contributed by atoms with E-state index in [1.807, 2.05) is 18.2 Å². The minimum atomic E-state index is -3.83. The van der Waals surface area contributed by atoms with Gasteiger partial charge in [0.1, 0.15) is 0 Å². The Labute approximate surface area is 103 Å². The van der Waals surface area contributed by atoms with E-state index in [1.165, 1.54) is 5.56 Å². The van der Waals surface area contributed by atoms with Gasteiger partial charge in [0.15, 0.2) is 0 Å². The van der Waals surface area contributed by atoms with Gasteiger partial charge in [-0.1, -0.05) is 30.3 Å². The lowest BCUT2D eigenvalue weighted by Crippen LogP contribution is -2.02. The van der Waals surface area contributed by atoms with Crippen LogP contribution in [0.2, 0.25) is 0 Å². The molecule has 1 aromatic rings. The lowest BCUT2D eigenvalue weighted by atomic mass is 10.1. The van der Waals surface area contributed by atoms with E-state index in [9.17, 15) is 8.42 Å². The number of unbranched alkanes of at least 4 members (excludes halogenated alkanes) is 1. The second-order valence-electron chi connectivity index (χ2n) is 3.73. The monoisotopic (exact) mass is 252 g/mol. The highest BCUT2D eigenvalue weighted by molar-refractivity contribution is 7.85. The van der Waals surface area contributed by atoms with Crippen molar-refractivity contribution in [1.29, 1.82) is 0 Å². The van der Waals surface area contributed by atoms with Crippen LogP contribution in [-0.2, 0) is 16.5 Å². The van der Waals surface area contributed by atoms with Gasteiger partial charge in [-0.15, -0.1) is 11.8 Å². The molecule has 1 rings (SSSR count). The summed E-state index contributed by atoms with van der Waals surface area (Å²) in [7, 11) is -3.83. The first-order valence-electron chi connectivity index (χ1n) is 5.53. The molecule has 0 unspecified atom stereocenters. The molecule has 0 amide bonds. The topological polar surface area (TPSA) is 54.4 Å². The van der Waals surface area contributed by atoms with E-state index in [0.29, 0.717) is 12.8 Å². The van der Waals surface area contributed by atoms with Crippen LogP contribution in [-0.4, -0.2) is 18.7 Å². The van der Waals surface area contributed by atoms with Crippen molar-refractivity contribution in [2.75, 3.05) is 5.75 Å². The highest BCUT2D eigenvalue weighted by Gasteiger charge is 2.01. The first-order chi connectivity index (χ1) is 8.08. The molecule has 0 aliphatic carbocycles. The Bertz CT molecular complexity index is 480. The lowest BCUT2D eigenvalue weighted by Gasteiger charge is -1.94. The summed E-state index contributed by atoms with van der Waals surface area (Å²) in [6.07, 6.45) is 2.58. The van der Waals surface area contributed by atoms with E-state index in [-0.39, 0.29) is 5.75 Å². The van der Waals surface area contributed by atoms with Crippen molar-refractivity contribution in [3.8, 4) is 11.8 Å². The maximum Gasteiger partial charge on any atom is 0.264 e. The molecule has 0 aliphatic heterocycles. The Morgan fingerprint density at radius 1 is 1.06 bits per heavy atom. The summed E-state index contributed by atoms with van der Waals surface area (Å²) in [5, 5.41) is 0. The predicted octanol–water partition coefficient (Wildman–Crippen LogP) is 2.29. The van der Waals surface area contributed by atoms with Crippen LogP contribution in [0.25, 0.3) is 0 Å². The van der Waals surface area contributed by atoms with E-state index in [1.54, 1.807) is 0 Å². The highest BCUT2D eigenvalue weighted by atomic mass is 32.2. The first kappa shape index (κ1) is 13.8. The van der Waals surface area contributed by atoms with E-state index in [4.69, 9.17) is 4.55 Å². The van der Waals surface area contributed by atoms with Crippen LogP contribution in [0.3, 0.4) is 0 Å². The minimum absolute atomic E-state index is 0.208. The van der Waals surface area contributed by atoms with Crippen LogP contribution >= 0.6 is 0 Å². The normalized spacial score (nSPS) is 10.6. The van der Waals surface area contributed by atoms with Crippen molar-refractivity contribution in [3.05, 3.63) is 35.9 Å². The maximum absolute atomic E-state index is 10.4. The predicted molar refractivity (Wildman–Crippen MR) is 68.2 cm³/mol. The van der Waals surface area contributed by atoms with Gasteiger partial charge in [0.2, 0.25) is 0 Å². The fraction of sp³-hybridized carbons (Fsp3) is 0.385. The van der Waals surface area contributed by atoms with Gasteiger partial charge >= 0.3 is 0 Å². The van der Waals surface area contributed by atoms with Crippen LogP contribution in [0.4, 0.5) is 0 Å². The van der Waals surface area contributed by atoms with Gasteiger partial charge in [0, 0.05) is 12.8 Å². The molecule has 0 heterocycles. The molecule has 0 aromatic heterocycles. The summed E-state index contributed by atoms with van der Waals surface area (Å²) in [5.74, 6) is 5.69. The summed E-state index contributed by atoms with van der Waals surface area (Å²) < 4.78 is 29.3. The SMILES string of the molecule is O=S(=O)(O)CCCC#CCCc1ccccc1. The molecular formula is C13H16O3S. The lowest BCUT2D eigenvalue weighted by molar-refractivity contribution is 0.481. The van der Waals surface area contributed by atoms with E-state index >= 15 is 0 Å². The molecule has 0 radical (unpaired) electrons. The number of rotatable bonds is 5. The fourth-order valence-corrected chi connectivity index (χ4v) is 1.88. The van der Waals surface area contributed by atoms with Crippen molar-refractivity contribution >= 4 is 10.1 Å². The number of hydrogen-bond acceptors (Lipinski definition) is 2. The van der Waals surface area contributed by atoms with Gasteiger partial charge in [-0.3, -0.25) is 4.55 Å². The number of hydrogen-bond donors (Lipinski definition) is 1. The molecule has 17 heavy (non-hydrogen) atoms. The summed E-state index contributed by atoms with van der Waals surface area (Å²) in [4.78, 5) is 0. The Morgan fingerprint density at radius 3 is 2.35 bits per heavy atom. The quantitative estimate of drug-likeness (QED) is 0.497.